The van der Waals surface area contributed by atoms with Crippen LogP contribution < -0.4 is 5.73 Å². The first kappa shape index (κ1) is 11.0. The van der Waals surface area contributed by atoms with E-state index in [1.54, 1.807) is 0 Å². The van der Waals surface area contributed by atoms with Crippen LogP contribution in [0.5, 0.6) is 0 Å². The summed E-state index contributed by atoms with van der Waals surface area (Å²) < 4.78 is 5.51. The fourth-order valence-corrected chi connectivity index (χ4v) is 1.49. The average Bonchev–Trinajstić information content (AvgIpc) is 2.84. The van der Waals surface area contributed by atoms with E-state index in [-0.39, 0.29) is 0 Å². The van der Waals surface area contributed by atoms with Crippen molar-refractivity contribution in [3.8, 4) is 0 Å². The number of hydrogen-bond acceptors (Lipinski definition) is 3. The predicted molar refractivity (Wildman–Crippen MR) is 54.7 cm³/mol. The molecule has 1 rings (SSSR count). The van der Waals surface area contributed by atoms with E-state index in [4.69, 9.17) is 10.5 Å². The Labute approximate surface area is 81.2 Å². The molecule has 1 fully saturated rings. The number of nitrogens with two attached hydrogens (primary N) is 1. The van der Waals surface area contributed by atoms with Gasteiger partial charge in [0.2, 0.25) is 0 Å². The van der Waals surface area contributed by atoms with Gasteiger partial charge in [-0.05, 0) is 26.7 Å². The molecule has 0 unspecified atom stereocenters. The van der Waals surface area contributed by atoms with Crippen molar-refractivity contribution in [2.75, 3.05) is 26.2 Å². The van der Waals surface area contributed by atoms with Gasteiger partial charge < -0.3 is 10.5 Å². The van der Waals surface area contributed by atoms with E-state index in [0.29, 0.717) is 6.10 Å². The fourth-order valence-electron chi connectivity index (χ4n) is 1.49. The Balaban J connectivity index is 2.07. The second-order valence-corrected chi connectivity index (χ2v) is 3.98. The third kappa shape index (κ3) is 4.60. The summed E-state index contributed by atoms with van der Waals surface area (Å²) in [5.74, 6) is 0. The third-order valence-electron chi connectivity index (χ3n) is 2.31. The lowest BCUT2D eigenvalue weighted by Crippen LogP contribution is -2.34. The number of hydrogen-bond donors (Lipinski definition) is 1. The standard InChI is InChI=1S/C10H22N2O/c1-9(2)13-8-7-12(6-5-11)10-3-4-10/h9-10H,3-8,11H2,1-2H3. The van der Waals surface area contributed by atoms with Crippen LogP contribution in [0.2, 0.25) is 0 Å². The SMILES string of the molecule is CC(C)OCCN(CCN)C1CC1. The zero-order chi connectivity index (χ0) is 9.68. The van der Waals surface area contributed by atoms with Gasteiger partial charge in [-0.15, -0.1) is 0 Å². The van der Waals surface area contributed by atoms with Gasteiger partial charge >= 0.3 is 0 Å². The van der Waals surface area contributed by atoms with Gasteiger partial charge in [0, 0.05) is 25.7 Å². The van der Waals surface area contributed by atoms with Gasteiger partial charge in [0.15, 0.2) is 0 Å². The molecule has 0 amide bonds. The summed E-state index contributed by atoms with van der Waals surface area (Å²) in [6.07, 6.45) is 3.04. The van der Waals surface area contributed by atoms with Gasteiger partial charge in [-0.2, -0.15) is 0 Å². The molecule has 3 nitrogen and oxygen atoms in total. The Hall–Kier alpha value is -0.120. The molecule has 3 heteroatoms. The van der Waals surface area contributed by atoms with Crippen LogP contribution in [0, 0.1) is 0 Å². The number of nitrogens with zero attached hydrogens (tertiary/aromatic N) is 1. The molecular weight excluding hydrogens is 164 g/mol. The molecule has 1 aliphatic carbocycles. The zero-order valence-electron chi connectivity index (χ0n) is 8.83. The lowest BCUT2D eigenvalue weighted by atomic mass is 10.4. The largest absolute Gasteiger partial charge is 0.377 e. The van der Waals surface area contributed by atoms with E-state index >= 15 is 0 Å². The fraction of sp³-hybridized carbons (Fsp3) is 1.00. The van der Waals surface area contributed by atoms with Crippen LogP contribution in [0.1, 0.15) is 26.7 Å². The topological polar surface area (TPSA) is 38.5 Å². The highest BCUT2D eigenvalue weighted by Gasteiger charge is 2.27. The molecule has 0 saturated heterocycles. The third-order valence-corrected chi connectivity index (χ3v) is 2.31. The van der Waals surface area contributed by atoms with Crippen LogP contribution in [0.3, 0.4) is 0 Å². The van der Waals surface area contributed by atoms with Crippen molar-refractivity contribution in [3.05, 3.63) is 0 Å². The van der Waals surface area contributed by atoms with Gasteiger partial charge in [0.05, 0.1) is 12.7 Å². The van der Waals surface area contributed by atoms with E-state index in [0.717, 1.165) is 32.3 Å². The first-order chi connectivity index (χ1) is 6.24. The number of rotatable bonds is 7. The Morgan fingerprint density at radius 3 is 2.54 bits per heavy atom. The van der Waals surface area contributed by atoms with Crippen molar-refractivity contribution in [3.63, 3.8) is 0 Å². The van der Waals surface area contributed by atoms with E-state index in [2.05, 4.69) is 18.7 Å². The highest BCUT2D eigenvalue weighted by molar-refractivity contribution is 4.84. The van der Waals surface area contributed by atoms with Crippen molar-refractivity contribution >= 4 is 0 Å². The van der Waals surface area contributed by atoms with Crippen molar-refractivity contribution in [2.24, 2.45) is 5.73 Å². The first-order valence-corrected chi connectivity index (χ1v) is 5.29. The van der Waals surface area contributed by atoms with Crippen LogP contribution in [0.4, 0.5) is 0 Å². The number of ether oxygens (including phenoxy) is 1. The second-order valence-electron chi connectivity index (χ2n) is 3.98. The molecular formula is C10H22N2O. The van der Waals surface area contributed by atoms with E-state index in [1.807, 2.05) is 0 Å². The molecule has 1 saturated carbocycles. The minimum atomic E-state index is 0.346. The van der Waals surface area contributed by atoms with Gasteiger partial charge in [0.1, 0.15) is 0 Å². The van der Waals surface area contributed by atoms with Crippen molar-refractivity contribution in [2.45, 2.75) is 38.8 Å². The van der Waals surface area contributed by atoms with Crippen molar-refractivity contribution < 1.29 is 4.74 Å². The van der Waals surface area contributed by atoms with E-state index < -0.39 is 0 Å². The smallest absolute Gasteiger partial charge is 0.0597 e. The Kier molecular flexibility index (Phi) is 4.70. The molecule has 0 aromatic carbocycles. The molecule has 1 aliphatic rings. The van der Waals surface area contributed by atoms with Crippen molar-refractivity contribution in [1.82, 2.24) is 4.90 Å². The van der Waals surface area contributed by atoms with Crippen molar-refractivity contribution in [1.29, 1.82) is 0 Å². The summed E-state index contributed by atoms with van der Waals surface area (Å²) in [6, 6.07) is 0.805. The summed E-state index contributed by atoms with van der Waals surface area (Å²) in [5.41, 5.74) is 5.54. The van der Waals surface area contributed by atoms with Gasteiger partial charge in [-0.1, -0.05) is 0 Å². The molecule has 0 spiro atoms. The van der Waals surface area contributed by atoms with Crippen LogP contribution in [0.15, 0.2) is 0 Å². The first-order valence-electron chi connectivity index (χ1n) is 5.29. The maximum Gasteiger partial charge on any atom is 0.0597 e. The van der Waals surface area contributed by atoms with E-state index in [9.17, 15) is 0 Å². The maximum absolute atomic E-state index is 5.54. The zero-order valence-corrected chi connectivity index (χ0v) is 8.83. The molecule has 2 N–H and O–H groups in total. The summed E-state index contributed by atoms with van der Waals surface area (Å²) in [5, 5.41) is 0. The quantitative estimate of drug-likeness (QED) is 0.640. The summed E-state index contributed by atoms with van der Waals surface area (Å²) in [6.45, 7) is 7.81. The van der Waals surface area contributed by atoms with Crippen LogP contribution in [-0.4, -0.2) is 43.3 Å². The summed E-state index contributed by atoms with van der Waals surface area (Å²) in [4.78, 5) is 2.45. The Morgan fingerprint density at radius 1 is 1.38 bits per heavy atom. The van der Waals surface area contributed by atoms with Gasteiger partial charge in [0.25, 0.3) is 0 Å². The highest BCUT2D eigenvalue weighted by Crippen LogP contribution is 2.25. The second kappa shape index (κ2) is 5.58. The molecule has 0 aromatic rings. The normalized spacial score (nSPS) is 17.3. The Morgan fingerprint density at radius 2 is 2.08 bits per heavy atom. The van der Waals surface area contributed by atoms with Gasteiger partial charge in [-0.25, -0.2) is 0 Å². The Bertz CT molecular complexity index is 135. The predicted octanol–water partition coefficient (Wildman–Crippen LogP) is 0.835. The minimum absolute atomic E-state index is 0.346. The molecule has 13 heavy (non-hydrogen) atoms. The summed E-state index contributed by atoms with van der Waals surface area (Å²) in [7, 11) is 0. The van der Waals surface area contributed by atoms with Crippen LogP contribution in [0.25, 0.3) is 0 Å². The molecule has 0 radical (unpaired) electrons. The van der Waals surface area contributed by atoms with Crippen LogP contribution >= 0.6 is 0 Å². The minimum Gasteiger partial charge on any atom is -0.377 e. The molecule has 0 aliphatic heterocycles. The molecule has 0 bridgehead atoms. The molecule has 0 aromatic heterocycles. The average molecular weight is 186 g/mol. The molecule has 0 heterocycles. The lowest BCUT2D eigenvalue weighted by molar-refractivity contribution is 0.0579. The molecule has 78 valence electrons. The highest BCUT2D eigenvalue weighted by atomic mass is 16.5. The lowest BCUT2D eigenvalue weighted by Gasteiger charge is -2.21. The van der Waals surface area contributed by atoms with Crippen LogP contribution in [-0.2, 0) is 4.74 Å². The van der Waals surface area contributed by atoms with E-state index in [1.165, 1.54) is 12.8 Å². The summed E-state index contributed by atoms with van der Waals surface area (Å²) >= 11 is 0. The monoisotopic (exact) mass is 186 g/mol. The maximum atomic E-state index is 5.54. The molecule has 0 atom stereocenters. The van der Waals surface area contributed by atoms with Gasteiger partial charge in [-0.3, -0.25) is 4.90 Å².